The lowest BCUT2D eigenvalue weighted by Crippen LogP contribution is -2.24. The van der Waals surface area contributed by atoms with Crippen LogP contribution in [0.3, 0.4) is 0 Å². The number of aromatic hydroxyl groups is 1. The fraction of sp³-hybridized carbons (Fsp3) is 0.333. The molecule has 2 atom stereocenters. The van der Waals surface area contributed by atoms with Gasteiger partial charge in [-0.25, -0.2) is 0 Å². The molecule has 2 rings (SSSR count). The number of hydrogen-bond acceptors (Lipinski definition) is 3. The second-order valence-electron chi connectivity index (χ2n) is 5.21. The monoisotopic (exact) mass is 301 g/mol. The molecule has 2 unspecified atom stereocenters. The van der Waals surface area contributed by atoms with Gasteiger partial charge in [-0.15, -0.1) is 11.8 Å². The van der Waals surface area contributed by atoms with Crippen LogP contribution in [-0.2, 0) is 0 Å². The van der Waals surface area contributed by atoms with Gasteiger partial charge in [0.05, 0.1) is 0 Å². The molecule has 2 aromatic rings. The van der Waals surface area contributed by atoms with E-state index in [0.717, 1.165) is 6.42 Å². The molecule has 0 aliphatic rings. The quantitative estimate of drug-likeness (QED) is 0.743. The third kappa shape index (κ3) is 4.26. The molecule has 0 spiro atoms. The van der Waals surface area contributed by atoms with Crippen molar-refractivity contribution in [3.05, 3.63) is 59.7 Å². The number of phenolic OH excluding ortho intramolecular Hbond substituents is 1. The third-order valence-corrected chi connectivity index (χ3v) is 4.51. The Bertz CT molecular complexity index is 550. The highest BCUT2D eigenvalue weighted by Gasteiger charge is 2.13. The number of benzene rings is 2. The summed E-state index contributed by atoms with van der Waals surface area (Å²) in [6.07, 6.45) is 3.10. The number of rotatable bonds is 6. The van der Waals surface area contributed by atoms with Crippen LogP contribution in [0.5, 0.6) is 5.75 Å². The topological polar surface area (TPSA) is 32.3 Å². The van der Waals surface area contributed by atoms with E-state index in [1.807, 2.05) is 12.1 Å². The van der Waals surface area contributed by atoms with Crippen LogP contribution in [0, 0.1) is 0 Å². The fourth-order valence-electron chi connectivity index (χ4n) is 2.45. The first kappa shape index (κ1) is 15.9. The van der Waals surface area contributed by atoms with E-state index in [2.05, 4.69) is 49.7 Å². The Labute approximate surface area is 131 Å². The Hall–Kier alpha value is -1.45. The van der Waals surface area contributed by atoms with Crippen molar-refractivity contribution in [1.82, 2.24) is 5.32 Å². The van der Waals surface area contributed by atoms with Crippen LogP contribution in [0.1, 0.15) is 43.5 Å². The minimum absolute atomic E-state index is 0.291. The molecule has 2 aromatic carbocycles. The van der Waals surface area contributed by atoms with Gasteiger partial charge in [0.15, 0.2) is 0 Å². The van der Waals surface area contributed by atoms with E-state index < -0.39 is 0 Å². The molecule has 0 bridgehead atoms. The molecule has 0 aliphatic carbocycles. The maximum Gasteiger partial charge on any atom is 0.115 e. The summed E-state index contributed by atoms with van der Waals surface area (Å²) in [7, 11) is 0. The molecule has 2 N–H and O–H groups in total. The average molecular weight is 301 g/mol. The van der Waals surface area contributed by atoms with E-state index in [-0.39, 0.29) is 0 Å². The Kier molecular flexibility index (Phi) is 5.71. The molecule has 3 heteroatoms. The predicted octanol–water partition coefficient (Wildman–Crippen LogP) is 4.92. The van der Waals surface area contributed by atoms with Gasteiger partial charge in [-0.1, -0.05) is 31.2 Å². The van der Waals surface area contributed by atoms with Crippen LogP contribution < -0.4 is 5.32 Å². The van der Waals surface area contributed by atoms with Gasteiger partial charge >= 0.3 is 0 Å². The highest BCUT2D eigenvalue weighted by Crippen LogP contribution is 2.25. The van der Waals surface area contributed by atoms with Crippen molar-refractivity contribution < 1.29 is 5.11 Å². The molecule has 21 heavy (non-hydrogen) atoms. The Balaban J connectivity index is 2.08. The van der Waals surface area contributed by atoms with Crippen LogP contribution in [0.15, 0.2) is 53.4 Å². The number of phenols is 1. The summed E-state index contributed by atoms with van der Waals surface area (Å²) in [5.74, 6) is 0.314. The zero-order chi connectivity index (χ0) is 15.2. The van der Waals surface area contributed by atoms with E-state index in [1.54, 1.807) is 23.9 Å². The summed E-state index contributed by atoms with van der Waals surface area (Å²) in [5, 5.41) is 13.1. The molecule has 0 aromatic heterocycles. The fourth-order valence-corrected chi connectivity index (χ4v) is 2.86. The van der Waals surface area contributed by atoms with Gasteiger partial charge in [0.2, 0.25) is 0 Å². The van der Waals surface area contributed by atoms with Gasteiger partial charge in [-0.2, -0.15) is 0 Å². The highest BCUT2D eigenvalue weighted by atomic mass is 32.2. The van der Waals surface area contributed by atoms with Crippen LogP contribution in [0.4, 0.5) is 0 Å². The lowest BCUT2D eigenvalue weighted by Gasteiger charge is -2.23. The van der Waals surface area contributed by atoms with Crippen molar-refractivity contribution in [1.29, 1.82) is 0 Å². The van der Waals surface area contributed by atoms with Crippen LogP contribution in [0.25, 0.3) is 0 Å². The summed E-state index contributed by atoms with van der Waals surface area (Å²) in [5.41, 5.74) is 2.51. The van der Waals surface area contributed by atoms with Crippen LogP contribution in [-0.4, -0.2) is 11.4 Å². The highest BCUT2D eigenvalue weighted by molar-refractivity contribution is 7.98. The first-order valence-electron chi connectivity index (χ1n) is 7.33. The third-order valence-electron chi connectivity index (χ3n) is 3.77. The number of hydrogen-bond donors (Lipinski definition) is 2. The molecule has 2 nitrogen and oxygen atoms in total. The lowest BCUT2D eigenvalue weighted by atomic mass is 10.0. The summed E-state index contributed by atoms with van der Waals surface area (Å²) in [6, 6.07) is 16.8. The molecule has 0 saturated heterocycles. The smallest absolute Gasteiger partial charge is 0.115 e. The van der Waals surface area contributed by atoms with E-state index >= 15 is 0 Å². The normalized spacial score (nSPS) is 13.9. The summed E-state index contributed by atoms with van der Waals surface area (Å²) in [6.45, 7) is 4.37. The minimum Gasteiger partial charge on any atom is -0.508 e. The predicted molar refractivity (Wildman–Crippen MR) is 90.9 cm³/mol. The first-order valence-corrected chi connectivity index (χ1v) is 8.55. The summed E-state index contributed by atoms with van der Waals surface area (Å²) >= 11 is 1.76. The zero-order valence-corrected chi connectivity index (χ0v) is 13.7. The van der Waals surface area contributed by atoms with Gasteiger partial charge in [0, 0.05) is 17.0 Å². The largest absolute Gasteiger partial charge is 0.508 e. The van der Waals surface area contributed by atoms with E-state index in [4.69, 9.17) is 0 Å². The van der Waals surface area contributed by atoms with Crippen LogP contribution in [0.2, 0.25) is 0 Å². The van der Waals surface area contributed by atoms with Gasteiger partial charge in [-0.3, -0.25) is 0 Å². The Morgan fingerprint density at radius 2 is 1.57 bits per heavy atom. The zero-order valence-electron chi connectivity index (χ0n) is 12.8. The number of thioether (sulfide) groups is 1. The first-order chi connectivity index (χ1) is 10.1. The molecule has 0 saturated carbocycles. The average Bonchev–Trinajstić information content (AvgIpc) is 2.53. The lowest BCUT2D eigenvalue weighted by molar-refractivity contribution is 0.453. The van der Waals surface area contributed by atoms with E-state index in [1.165, 1.54) is 16.0 Å². The second kappa shape index (κ2) is 7.53. The molecular weight excluding hydrogens is 278 g/mol. The summed E-state index contributed by atoms with van der Waals surface area (Å²) in [4.78, 5) is 1.29. The van der Waals surface area contributed by atoms with E-state index in [0.29, 0.717) is 17.8 Å². The molecule has 0 fully saturated rings. The van der Waals surface area contributed by atoms with E-state index in [9.17, 15) is 5.11 Å². The van der Waals surface area contributed by atoms with Crippen molar-refractivity contribution in [3.8, 4) is 5.75 Å². The second-order valence-corrected chi connectivity index (χ2v) is 6.09. The van der Waals surface area contributed by atoms with Gasteiger partial charge in [-0.05, 0) is 55.0 Å². The van der Waals surface area contributed by atoms with Crippen molar-refractivity contribution in [2.45, 2.75) is 37.2 Å². The molecule has 0 heterocycles. The summed E-state index contributed by atoms with van der Waals surface area (Å²) < 4.78 is 0. The van der Waals surface area contributed by atoms with Crippen molar-refractivity contribution in [2.24, 2.45) is 0 Å². The molecule has 0 aliphatic heterocycles. The van der Waals surface area contributed by atoms with Crippen LogP contribution >= 0.6 is 11.8 Å². The molecule has 0 amide bonds. The van der Waals surface area contributed by atoms with Gasteiger partial charge in [0.1, 0.15) is 5.75 Å². The standard InChI is InChI=1S/C18H23NOS/c1-4-18(15-5-9-16(20)10-6-15)19-13(2)14-7-11-17(21-3)12-8-14/h5-13,18-20H,4H2,1-3H3. The molecule has 0 radical (unpaired) electrons. The van der Waals surface area contributed by atoms with Crippen molar-refractivity contribution in [2.75, 3.05) is 6.26 Å². The molecular formula is C18H23NOS. The van der Waals surface area contributed by atoms with Crippen molar-refractivity contribution >= 4 is 11.8 Å². The van der Waals surface area contributed by atoms with Gasteiger partial charge < -0.3 is 10.4 Å². The maximum absolute atomic E-state index is 9.40. The molecule has 112 valence electrons. The minimum atomic E-state index is 0.291. The van der Waals surface area contributed by atoms with Gasteiger partial charge in [0.25, 0.3) is 0 Å². The Morgan fingerprint density at radius 3 is 2.10 bits per heavy atom. The maximum atomic E-state index is 9.40. The Morgan fingerprint density at radius 1 is 1.00 bits per heavy atom. The van der Waals surface area contributed by atoms with Crippen molar-refractivity contribution in [3.63, 3.8) is 0 Å². The number of nitrogens with one attached hydrogen (secondary N) is 1. The SMILES string of the molecule is CCC(NC(C)c1ccc(SC)cc1)c1ccc(O)cc1.